The van der Waals surface area contributed by atoms with Crippen molar-refractivity contribution < 1.29 is 9.53 Å². The highest BCUT2D eigenvalue weighted by Gasteiger charge is 2.27. The van der Waals surface area contributed by atoms with E-state index in [4.69, 9.17) is 9.72 Å². The number of rotatable bonds is 5. The Labute approximate surface area is 183 Å². The number of aromatic nitrogens is 4. The largest absolute Gasteiger partial charge is 0.479 e. The van der Waals surface area contributed by atoms with Crippen LogP contribution in [0.25, 0.3) is 11.0 Å². The van der Waals surface area contributed by atoms with Crippen LogP contribution in [-0.4, -0.2) is 44.2 Å². The van der Waals surface area contributed by atoms with Crippen LogP contribution in [0.5, 0.6) is 5.88 Å². The van der Waals surface area contributed by atoms with Gasteiger partial charge in [-0.2, -0.15) is 0 Å². The molecule has 0 aliphatic carbocycles. The third-order valence-electron chi connectivity index (χ3n) is 6.47. The normalized spacial score (nSPS) is 17.0. The van der Waals surface area contributed by atoms with E-state index in [1.807, 2.05) is 38.5 Å². The number of methoxy groups -OCH3 is 1. The van der Waals surface area contributed by atoms with E-state index in [1.54, 1.807) is 11.8 Å². The predicted octanol–water partition coefficient (Wildman–Crippen LogP) is 4.07. The summed E-state index contributed by atoms with van der Waals surface area (Å²) in [4.78, 5) is 24.4. The predicted molar refractivity (Wildman–Crippen MR) is 120 cm³/mol. The standard InChI is InChI=1S/C24H31N5O2/c1-16-19(17(2)26-23-22(16)24(31-4)27-28(23)3)9-10-21(30)29-15-7-5-6-8-20(29)18-11-13-25-14-12-18/h11-14,20H,5-10,15H2,1-4H3. The fraction of sp³-hybridized carbons (Fsp3) is 0.500. The first-order valence-corrected chi connectivity index (χ1v) is 11.1. The molecular formula is C24H31N5O2. The van der Waals surface area contributed by atoms with Crippen LogP contribution in [0.2, 0.25) is 0 Å². The van der Waals surface area contributed by atoms with Crippen LogP contribution in [-0.2, 0) is 18.3 Å². The van der Waals surface area contributed by atoms with Gasteiger partial charge in [-0.05, 0) is 61.9 Å². The fourth-order valence-corrected chi connectivity index (χ4v) is 4.82. The molecule has 4 heterocycles. The Morgan fingerprint density at radius 1 is 1.19 bits per heavy atom. The lowest BCUT2D eigenvalue weighted by Gasteiger charge is -2.30. The molecule has 164 valence electrons. The van der Waals surface area contributed by atoms with E-state index in [0.29, 0.717) is 18.7 Å². The van der Waals surface area contributed by atoms with Crippen molar-refractivity contribution in [1.29, 1.82) is 0 Å². The van der Waals surface area contributed by atoms with Gasteiger partial charge < -0.3 is 9.64 Å². The van der Waals surface area contributed by atoms with Crippen molar-refractivity contribution in [1.82, 2.24) is 24.6 Å². The SMILES string of the molecule is COc1nn(C)c2nc(C)c(CCC(=O)N3CCCCCC3c3ccncc3)c(C)c12. The molecule has 1 aliphatic rings. The number of fused-ring (bicyclic) bond motifs is 1. The lowest BCUT2D eigenvalue weighted by Crippen LogP contribution is -2.35. The van der Waals surface area contributed by atoms with Crippen molar-refractivity contribution in [2.75, 3.05) is 13.7 Å². The van der Waals surface area contributed by atoms with E-state index >= 15 is 0 Å². The monoisotopic (exact) mass is 421 g/mol. The summed E-state index contributed by atoms with van der Waals surface area (Å²) in [7, 11) is 3.50. The molecule has 1 unspecified atom stereocenters. The quantitative estimate of drug-likeness (QED) is 0.621. The molecule has 1 aliphatic heterocycles. The summed E-state index contributed by atoms with van der Waals surface area (Å²) in [6.07, 6.45) is 9.16. The average molecular weight is 422 g/mol. The minimum atomic E-state index is 0.138. The molecule has 0 N–H and O–H groups in total. The molecule has 0 aromatic carbocycles. The molecule has 1 atom stereocenters. The smallest absolute Gasteiger partial charge is 0.242 e. The van der Waals surface area contributed by atoms with Gasteiger partial charge in [-0.25, -0.2) is 9.67 Å². The Kier molecular flexibility index (Phi) is 6.20. The summed E-state index contributed by atoms with van der Waals surface area (Å²) >= 11 is 0. The second-order valence-electron chi connectivity index (χ2n) is 8.37. The van der Waals surface area contributed by atoms with Gasteiger partial charge in [0.2, 0.25) is 11.8 Å². The van der Waals surface area contributed by atoms with Crippen LogP contribution >= 0.6 is 0 Å². The Hall–Kier alpha value is -2.96. The number of pyridine rings is 2. The molecule has 0 radical (unpaired) electrons. The molecule has 0 saturated carbocycles. The maximum absolute atomic E-state index is 13.4. The number of likely N-dealkylation sites (tertiary alicyclic amines) is 1. The molecule has 7 heteroatoms. The molecule has 31 heavy (non-hydrogen) atoms. The second kappa shape index (κ2) is 9.04. The molecule has 3 aromatic heterocycles. The van der Waals surface area contributed by atoms with Gasteiger partial charge in [0.15, 0.2) is 5.65 Å². The number of hydrogen-bond acceptors (Lipinski definition) is 5. The zero-order valence-corrected chi connectivity index (χ0v) is 18.9. The minimum absolute atomic E-state index is 0.138. The highest BCUT2D eigenvalue weighted by molar-refractivity contribution is 5.86. The number of carbonyl (C=O) groups is 1. The first-order valence-electron chi connectivity index (χ1n) is 11.1. The van der Waals surface area contributed by atoms with Crippen molar-refractivity contribution in [3.63, 3.8) is 0 Å². The van der Waals surface area contributed by atoms with Gasteiger partial charge in [-0.3, -0.25) is 9.78 Å². The fourth-order valence-electron chi connectivity index (χ4n) is 4.82. The van der Waals surface area contributed by atoms with E-state index in [1.165, 1.54) is 12.0 Å². The van der Waals surface area contributed by atoms with Gasteiger partial charge in [-0.1, -0.05) is 12.8 Å². The second-order valence-corrected chi connectivity index (χ2v) is 8.37. The van der Waals surface area contributed by atoms with Crippen LogP contribution < -0.4 is 4.74 Å². The van der Waals surface area contributed by atoms with Crippen LogP contribution in [0.3, 0.4) is 0 Å². The number of amides is 1. The van der Waals surface area contributed by atoms with Crippen molar-refractivity contribution in [2.45, 2.75) is 58.4 Å². The van der Waals surface area contributed by atoms with Crippen molar-refractivity contribution >= 4 is 16.9 Å². The van der Waals surface area contributed by atoms with E-state index < -0.39 is 0 Å². The number of hydrogen-bond donors (Lipinski definition) is 0. The number of aryl methyl sites for hydroxylation is 3. The van der Waals surface area contributed by atoms with Crippen molar-refractivity contribution in [3.05, 3.63) is 46.9 Å². The molecule has 0 spiro atoms. The van der Waals surface area contributed by atoms with Gasteiger partial charge in [0.25, 0.3) is 0 Å². The highest BCUT2D eigenvalue weighted by Crippen LogP contribution is 2.32. The number of carbonyl (C=O) groups excluding carboxylic acids is 1. The van der Waals surface area contributed by atoms with E-state index in [0.717, 1.165) is 53.7 Å². The minimum Gasteiger partial charge on any atom is -0.479 e. The summed E-state index contributed by atoms with van der Waals surface area (Å²) in [6, 6.07) is 4.22. The van der Waals surface area contributed by atoms with Crippen molar-refractivity contribution in [2.24, 2.45) is 7.05 Å². The van der Waals surface area contributed by atoms with Crippen molar-refractivity contribution in [3.8, 4) is 5.88 Å². The third kappa shape index (κ3) is 4.13. The lowest BCUT2D eigenvalue weighted by molar-refractivity contribution is -0.133. The Balaban J connectivity index is 1.58. The summed E-state index contributed by atoms with van der Waals surface area (Å²) < 4.78 is 7.22. The molecular weight excluding hydrogens is 390 g/mol. The summed E-state index contributed by atoms with van der Waals surface area (Å²) in [5.41, 5.74) is 5.15. The lowest BCUT2D eigenvalue weighted by atomic mass is 9.98. The van der Waals surface area contributed by atoms with Gasteiger partial charge in [0.05, 0.1) is 18.5 Å². The molecule has 0 bridgehead atoms. The maximum atomic E-state index is 13.4. The zero-order chi connectivity index (χ0) is 22.0. The molecule has 1 amide bonds. The summed E-state index contributed by atoms with van der Waals surface area (Å²) in [5, 5.41) is 5.36. The van der Waals surface area contributed by atoms with E-state index in [2.05, 4.69) is 21.9 Å². The number of nitrogens with zero attached hydrogens (tertiary/aromatic N) is 5. The summed E-state index contributed by atoms with van der Waals surface area (Å²) in [5.74, 6) is 0.793. The highest BCUT2D eigenvalue weighted by atomic mass is 16.5. The van der Waals surface area contributed by atoms with Crippen LogP contribution in [0.15, 0.2) is 24.5 Å². The number of ether oxygens (including phenoxy) is 1. The first-order chi connectivity index (χ1) is 15.0. The Morgan fingerprint density at radius 2 is 1.97 bits per heavy atom. The molecule has 7 nitrogen and oxygen atoms in total. The van der Waals surface area contributed by atoms with Crippen LogP contribution in [0.4, 0.5) is 0 Å². The third-order valence-corrected chi connectivity index (χ3v) is 6.47. The van der Waals surface area contributed by atoms with Crippen LogP contribution in [0.1, 0.15) is 60.5 Å². The van der Waals surface area contributed by atoms with Gasteiger partial charge in [0, 0.05) is 38.1 Å². The average Bonchev–Trinajstić information content (AvgIpc) is 2.94. The van der Waals surface area contributed by atoms with Gasteiger partial charge >= 0.3 is 0 Å². The molecule has 1 fully saturated rings. The van der Waals surface area contributed by atoms with Crippen LogP contribution in [0, 0.1) is 13.8 Å². The van der Waals surface area contributed by atoms with Gasteiger partial charge in [0.1, 0.15) is 0 Å². The molecule has 4 rings (SSSR count). The maximum Gasteiger partial charge on any atom is 0.242 e. The summed E-state index contributed by atoms with van der Waals surface area (Å²) in [6.45, 7) is 4.90. The Bertz CT molecular complexity index is 1080. The topological polar surface area (TPSA) is 73.1 Å². The molecule has 3 aromatic rings. The Morgan fingerprint density at radius 3 is 2.71 bits per heavy atom. The first kappa shape index (κ1) is 21.3. The van der Waals surface area contributed by atoms with E-state index in [9.17, 15) is 4.79 Å². The van der Waals surface area contributed by atoms with E-state index in [-0.39, 0.29) is 11.9 Å². The van der Waals surface area contributed by atoms with Gasteiger partial charge in [-0.15, -0.1) is 5.10 Å². The molecule has 1 saturated heterocycles. The zero-order valence-electron chi connectivity index (χ0n) is 18.9.